The van der Waals surface area contributed by atoms with Gasteiger partial charge < -0.3 is 15.0 Å². The minimum Gasteiger partial charge on any atom is -0.469 e. The molecule has 1 aliphatic rings. The third-order valence-electron chi connectivity index (χ3n) is 3.19. The van der Waals surface area contributed by atoms with Gasteiger partial charge in [0.15, 0.2) is 0 Å². The summed E-state index contributed by atoms with van der Waals surface area (Å²) < 4.78 is 4.84. The molecule has 0 bridgehead atoms. The van der Waals surface area contributed by atoms with Crippen LogP contribution in [0.15, 0.2) is 0 Å². The van der Waals surface area contributed by atoms with Gasteiger partial charge in [-0.05, 0) is 25.9 Å². The lowest BCUT2D eigenvalue weighted by Gasteiger charge is -2.36. The SMILES string of the molecule is CCCNC1CC(C(=O)OC)CN(CC)C1. The Hall–Kier alpha value is -0.610. The minimum absolute atomic E-state index is 0.0352. The maximum atomic E-state index is 11.6. The van der Waals surface area contributed by atoms with E-state index in [-0.39, 0.29) is 11.9 Å². The van der Waals surface area contributed by atoms with Crippen molar-refractivity contribution in [3.63, 3.8) is 0 Å². The highest BCUT2D eigenvalue weighted by Gasteiger charge is 2.31. The van der Waals surface area contributed by atoms with Gasteiger partial charge >= 0.3 is 5.97 Å². The summed E-state index contributed by atoms with van der Waals surface area (Å²) in [6.07, 6.45) is 2.04. The predicted molar refractivity (Wildman–Crippen MR) is 64.3 cm³/mol. The molecule has 1 N–H and O–H groups in total. The Labute approximate surface area is 98.3 Å². The first-order chi connectivity index (χ1) is 7.71. The fourth-order valence-corrected chi connectivity index (χ4v) is 2.28. The average Bonchev–Trinajstić information content (AvgIpc) is 2.34. The van der Waals surface area contributed by atoms with Crippen molar-refractivity contribution in [2.75, 3.05) is 33.3 Å². The maximum Gasteiger partial charge on any atom is 0.310 e. The molecule has 4 heteroatoms. The van der Waals surface area contributed by atoms with E-state index in [4.69, 9.17) is 4.74 Å². The summed E-state index contributed by atoms with van der Waals surface area (Å²) in [5, 5.41) is 3.50. The van der Waals surface area contributed by atoms with Crippen LogP contribution >= 0.6 is 0 Å². The predicted octanol–water partition coefficient (Wildman–Crippen LogP) is 0.869. The van der Waals surface area contributed by atoms with E-state index in [2.05, 4.69) is 24.1 Å². The van der Waals surface area contributed by atoms with Crippen LogP contribution in [0, 0.1) is 5.92 Å². The number of hydrogen-bond acceptors (Lipinski definition) is 4. The lowest BCUT2D eigenvalue weighted by Crippen LogP contribution is -2.51. The monoisotopic (exact) mass is 228 g/mol. The summed E-state index contributed by atoms with van der Waals surface area (Å²) in [7, 11) is 1.47. The summed E-state index contributed by atoms with van der Waals surface area (Å²) >= 11 is 0. The average molecular weight is 228 g/mol. The van der Waals surface area contributed by atoms with Crippen LogP contribution in [0.1, 0.15) is 26.7 Å². The minimum atomic E-state index is -0.0681. The Kier molecular flexibility index (Phi) is 5.77. The molecule has 1 saturated heterocycles. The van der Waals surface area contributed by atoms with Crippen molar-refractivity contribution in [3.05, 3.63) is 0 Å². The van der Waals surface area contributed by atoms with Crippen LogP contribution in [0.3, 0.4) is 0 Å². The molecule has 94 valence electrons. The van der Waals surface area contributed by atoms with Crippen molar-refractivity contribution in [2.45, 2.75) is 32.7 Å². The molecule has 0 radical (unpaired) electrons. The van der Waals surface area contributed by atoms with Gasteiger partial charge in [0.05, 0.1) is 13.0 Å². The van der Waals surface area contributed by atoms with Crippen molar-refractivity contribution in [2.24, 2.45) is 5.92 Å². The topological polar surface area (TPSA) is 41.6 Å². The Morgan fingerprint density at radius 3 is 2.75 bits per heavy atom. The second kappa shape index (κ2) is 6.86. The van der Waals surface area contributed by atoms with Crippen molar-refractivity contribution in [1.82, 2.24) is 10.2 Å². The number of carbonyl (C=O) groups excluding carboxylic acids is 1. The van der Waals surface area contributed by atoms with Crippen LogP contribution in [-0.4, -0.2) is 50.2 Å². The summed E-state index contributed by atoms with van der Waals surface area (Å²) in [4.78, 5) is 13.9. The number of likely N-dealkylation sites (N-methyl/N-ethyl adjacent to an activating group) is 1. The number of methoxy groups -OCH3 is 1. The van der Waals surface area contributed by atoms with Crippen molar-refractivity contribution < 1.29 is 9.53 Å². The standard InChI is InChI=1S/C12H24N2O2/c1-4-6-13-11-7-10(12(15)16-3)8-14(5-2)9-11/h10-11,13H,4-9H2,1-3H3. The zero-order chi connectivity index (χ0) is 12.0. The molecule has 0 aromatic carbocycles. The van der Waals surface area contributed by atoms with Crippen LogP contribution in [0.4, 0.5) is 0 Å². The number of piperidine rings is 1. The fraction of sp³-hybridized carbons (Fsp3) is 0.917. The van der Waals surface area contributed by atoms with Gasteiger partial charge in [0, 0.05) is 19.1 Å². The number of carbonyl (C=O) groups is 1. The van der Waals surface area contributed by atoms with E-state index in [1.54, 1.807) is 0 Å². The van der Waals surface area contributed by atoms with Crippen LogP contribution in [-0.2, 0) is 9.53 Å². The molecule has 2 atom stereocenters. The second-order valence-corrected chi connectivity index (χ2v) is 4.46. The molecule has 0 aliphatic carbocycles. The molecule has 16 heavy (non-hydrogen) atoms. The van der Waals surface area contributed by atoms with Crippen LogP contribution in [0.5, 0.6) is 0 Å². The Balaban J connectivity index is 2.50. The summed E-state index contributed by atoms with van der Waals surface area (Å²) in [5.74, 6) is -0.0329. The highest BCUT2D eigenvalue weighted by Crippen LogP contribution is 2.18. The highest BCUT2D eigenvalue weighted by atomic mass is 16.5. The Morgan fingerprint density at radius 1 is 1.44 bits per heavy atom. The zero-order valence-electron chi connectivity index (χ0n) is 10.7. The van der Waals surface area contributed by atoms with E-state index in [0.717, 1.165) is 39.0 Å². The van der Waals surface area contributed by atoms with E-state index >= 15 is 0 Å². The number of rotatable bonds is 5. The van der Waals surface area contributed by atoms with Crippen molar-refractivity contribution in [1.29, 1.82) is 0 Å². The summed E-state index contributed by atoms with van der Waals surface area (Å²) in [5.41, 5.74) is 0. The zero-order valence-corrected chi connectivity index (χ0v) is 10.7. The number of esters is 1. The molecule has 1 heterocycles. The normalized spacial score (nSPS) is 26.7. The van der Waals surface area contributed by atoms with Crippen LogP contribution < -0.4 is 5.32 Å². The lowest BCUT2D eigenvalue weighted by atomic mass is 9.94. The molecular formula is C12H24N2O2. The summed E-state index contributed by atoms with van der Waals surface area (Å²) in [6, 6.07) is 0.428. The molecule has 2 unspecified atom stereocenters. The third kappa shape index (κ3) is 3.76. The highest BCUT2D eigenvalue weighted by molar-refractivity contribution is 5.72. The first kappa shape index (κ1) is 13.5. The van der Waals surface area contributed by atoms with Crippen LogP contribution in [0.2, 0.25) is 0 Å². The molecule has 0 amide bonds. The van der Waals surface area contributed by atoms with Gasteiger partial charge in [0.1, 0.15) is 0 Å². The third-order valence-corrected chi connectivity index (χ3v) is 3.19. The molecule has 0 aromatic rings. The van der Waals surface area contributed by atoms with E-state index in [9.17, 15) is 4.79 Å². The summed E-state index contributed by atoms with van der Waals surface area (Å²) in [6.45, 7) is 8.20. The number of nitrogens with zero attached hydrogens (tertiary/aromatic N) is 1. The van der Waals surface area contributed by atoms with Crippen molar-refractivity contribution in [3.8, 4) is 0 Å². The van der Waals surface area contributed by atoms with Gasteiger partial charge in [0.25, 0.3) is 0 Å². The lowest BCUT2D eigenvalue weighted by molar-refractivity contribution is -0.147. The van der Waals surface area contributed by atoms with Crippen molar-refractivity contribution >= 4 is 5.97 Å². The molecule has 1 rings (SSSR count). The van der Waals surface area contributed by atoms with E-state index in [1.807, 2.05) is 0 Å². The first-order valence-corrected chi connectivity index (χ1v) is 6.24. The van der Waals surface area contributed by atoms with E-state index in [0.29, 0.717) is 6.04 Å². The van der Waals surface area contributed by atoms with Gasteiger partial charge in [-0.2, -0.15) is 0 Å². The van der Waals surface area contributed by atoms with Gasteiger partial charge in [-0.1, -0.05) is 13.8 Å². The molecule has 0 spiro atoms. The molecular weight excluding hydrogens is 204 g/mol. The van der Waals surface area contributed by atoms with Gasteiger partial charge in [-0.15, -0.1) is 0 Å². The molecule has 0 aromatic heterocycles. The van der Waals surface area contributed by atoms with Gasteiger partial charge in [-0.25, -0.2) is 0 Å². The molecule has 1 aliphatic heterocycles. The Bertz CT molecular complexity index is 221. The Morgan fingerprint density at radius 2 is 2.19 bits per heavy atom. The van der Waals surface area contributed by atoms with Gasteiger partial charge in [0.2, 0.25) is 0 Å². The number of ether oxygens (including phenoxy) is 1. The number of likely N-dealkylation sites (tertiary alicyclic amines) is 1. The maximum absolute atomic E-state index is 11.6. The second-order valence-electron chi connectivity index (χ2n) is 4.46. The largest absolute Gasteiger partial charge is 0.469 e. The van der Waals surface area contributed by atoms with E-state index < -0.39 is 0 Å². The molecule has 4 nitrogen and oxygen atoms in total. The first-order valence-electron chi connectivity index (χ1n) is 6.24. The van der Waals surface area contributed by atoms with E-state index in [1.165, 1.54) is 7.11 Å². The number of nitrogens with one attached hydrogen (secondary N) is 1. The van der Waals surface area contributed by atoms with Crippen LogP contribution in [0.25, 0.3) is 0 Å². The smallest absolute Gasteiger partial charge is 0.310 e. The quantitative estimate of drug-likeness (QED) is 0.709. The molecule has 1 fully saturated rings. The van der Waals surface area contributed by atoms with Gasteiger partial charge in [-0.3, -0.25) is 4.79 Å². The number of hydrogen-bond donors (Lipinski definition) is 1. The fourth-order valence-electron chi connectivity index (χ4n) is 2.28. The molecule has 0 saturated carbocycles.